The Morgan fingerprint density at radius 2 is 1.70 bits per heavy atom. The standard InChI is InChI=1S/C19H33N/c1-3-4-5-6-7-8-9-13-18-15-16-19-14-11-10-12-17(2)20(18)19/h1,17-19H,4-16H2,2H3/t17-,18+,19+/m0/s1. The van der Waals surface area contributed by atoms with Crippen molar-refractivity contribution in [3.05, 3.63) is 0 Å². The van der Waals surface area contributed by atoms with E-state index in [2.05, 4.69) is 17.7 Å². The number of rotatable bonds is 7. The van der Waals surface area contributed by atoms with Crippen molar-refractivity contribution in [1.82, 2.24) is 4.90 Å². The Kier molecular flexibility index (Phi) is 6.94. The fraction of sp³-hybridized carbons (Fsp3) is 0.895. The third-order valence-corrected chi connectivity index (χ3v) is 5.45. The predicted molar refractivity (Wildman–Crippen MR) is 87.7 cm³/mol. The average Bonchev–Trinajstić information content (AvgIpc) is 2.76. The van der Waals surface area contributed by atoms with Gasteiger partial charge in [0, 0.05) is 24.5 Å². The lowest BCUT2D eigenvalue weighted by Crippen LogP contribution is -2.41. The van der Waals surface area contributed by atoms with E-state index in [0.29, 0.717) is 0 Å². The Hall–Kier alpha value is -0.480. The molecule has 114 valence electrons. The van der Waals surface area contributed by atoms with Gasteiger partial charge < -0.3 is 0 Å². The van der Waals surface area contributed by atoms with Crippen LogP contribution in [-0.2, 0) is 0 Å². The van der Waals surface area contributed by atoms with Crippen molar-refractivity contribution in [1.29, 1.82) is 0 Å². The Morgan fingerprint density at radius 1 is 0.950 bits per heavy atom. The first kappa shape index (κ1) is 15.9. The maximum absolute atomic E-state index is 5.28. The fourth-order valence-electron chi connectivity index (χ4n) is 4.39. The van der Waals surface area contributed by atoms with Crippen molar-refractivity contribution < 1.29 is 0 Å². The van der Waals surface area contributed by atoms with Crippen LogP contribution in [0, 0.1) is 12.3 Å². The summed E-state index contributed by atoms with van der Waals surface area (Å²) in [4.78, 5) is 2.91. The van der Waals surface area contributed by atoms with E-state index in [1.807, 2.05) is 0 Å². The van der Waals surface area contributed by atoms with E-state index >= 15 is 0 Å². The summed E-state index contributed by atoms with van der Waals surface area (Å²) in [6.07, 6.45) is 23.2. The van der Waals surface area contributed by atoms with Crippen molar-refractivity contribution in [3.8, 4) is 12.3 Å². The molecule has 2 fully saturated rings. The van der Waals surface area contributed by atoms with E-state index in [9.17, 15) is 0 Å². The molecule has 0 amide bonds. The molecule has 0 aromatic carbocycles. The van der Waals surface area contributed by atoms with Crippen molar-refractivity contribution in [2.45, 2.75) is 109 Å². The van der Waals surface area contributed by atoms with Crippen LogP contribution in [0.15, 0.2) is 0 Å². The van der Waals surface area contributed by atoms with Crippen LogP contribution in [0.3, 0.4) is 0 Å². The molecule has 0 aliphatic carbocycles. The predicted octanol–water partition coefficient (Wildman–Crippen LogP) is 5.15. The van der Waals surface area contributed by atoms with Crippen LogP contribution in [0.25, 0.3) is 0 Å². The van der Waals surface area contributed by atoms with Gasteiger partial charge in [0.15, 0.2) is 0 Å². The Balaban J connectivity index is 1.64. The molecule has 2 saturated heterocycles. The molecule has 2 rings (SSSR count). The fourth-order valence-corrected chi connectivity index (χ4v) is 4.39. The average molecular weight is 275 g/mol. The Morgan fingerprint density at radius 3 is 2.55 bits per heavy atom. The molecular weight excluding hydrogens is 242 g/mol. The summed E-state index contributed by atoms with van der Waals surface area (Å²) in [6.45, 7) is 2.47. The van der Waals surface area contributed by atoms with Gasteiger partial charge in [-0.25, -0.2) is 0 Å². The summed E-state index contributed by atoms with van der Waals surface area (Å²) in [6, 6.07) is 2.66. The van der Waals surface area contributed by atoms with Gasteiger partial charge in [-0.2, -0.15) is 0 Å². The smallest absolute Gasteiger partial charge is 0.0102 e. The number of hydrogen-bond acceptors (Lipinski definition) is 1. The van der Waals surface area contributed by atoms with Crippen LogP contribution in [0.1, 0.15) is 90.4 Å². The lowest BCUT2D eigenvalue weighted by atomic mass is 10.0. The van der Waals surface area contributed by atoms with Crippen LogP contribution < -0.4 is 0 Å². The molecular formula is C19H33N. The van der Waals surface area contributed by atoms with E-state index in [1.54, 1.807) is 0 Å². The highest BCUT2D eigenvalue weighted by molar-refractivity contribution is 4.92. The van der Waals surface area contributed by atoms with Crippen LogP contribution in [0.5, 0.6) is 0 Å². The molecule has 0 spiro atoms. The molecule has 0 radical (unpaired) electrons. The van der Waals surface area contributed by atoms with Crippen molar-refractivity contribution >= 4 is 0 Å². The van der Waals surface area contributed by atoms with E-state index in [1.165, 1.54) is 77.0 Å². The summed E-state index contributed by atoms with van der Waals surface area (Å²) in [5.74, 6) is 2.74. The molecule has 20 heavy (non-hydrogen) atoms. The maximum Gasteiger partial charge on any atom is 0.0102 e. The lowest BCUT2D eigenvalue weighted by Gasteiger charge is -2.34. The van der Waals surface area contributed by atoms with E-state index < -0.39 is 0 Å². The summed E-state index contributed by atoms with van der Waals surface area (Å²) < 4.78 is 0. The van der Waals surface area contributed by atoms with Crippen LogP contribution in [-0.4, -0.2) is 23.0 Å². The SMILES string of the molecule is C#CCCCCCCC[C@@H]1CC[C@H]2CCCC[C@H](C)N12. The summed E-state index contributed by atoms with van der Waals surface area (Å²) in [5, 5.41) is 0. The van der Waals surface area contributed by atoms with E-state index in [-0.39, 0.29) is 0 Å². The third-order valence-electron chi connectivity index (χ3n) is 5.45. The number of unbranched alkanes of at least 4 members (excludes halogenated alkanes) is 5. The van der Waals surface area contributed by atoms with Gasteiger partial charge >= 0.3 is 0 Å². The van der Waals surface area contributed by atoms with Gasteiger partial charge in [-0.1, -0.05) is 38.5 Å². The zero-order valence-corrected chi connectivity index (χ0v) is 13.4. The quantitative estimate of drug-likeness (QED) is 0.459. The van der Waals surface area contributed by atoms with Gasteiger partial charge in [0.05, 0.1) is 0 Å². The van der Waals surface area contributed by atoms with Crippen molar-refractivity contribution in [3.63, 3.8) is 0 Å². The highest BCUT2D eigenvalue weighted by Gasteiger charge is 2.36. The first-order valence-corrected chi connectivity index (χ1v) is 9.04. The Bertz CT molecular complexity index is 303. The molecule has 3 atom stereocenters. The highest BCUT2D eigenvalue weighted by atomic mass is 15.2. The molecule has 0 aromatic rings. The Labute approximate surface area is 126 Å². The normalized spacial score (nSPS) is 30.7. The number of terminal acetylenes is 1. The first-order valence-electron chi connectivity index (χ1n) is 9.04. The van der Waals surface area contributed by atoms with Crippen LogP contribution in [0.4, 0.5) is 0 Å². The molecule has 0 unspecified atom stereocenters. The second kappa shape index (κ2) is 8.73. The lowest BCUT2D eigenvalue weighted by molar-refractivity contribution is 0.132. The number of fused-ring (bicyclic) bond motifs is 1. The van der Waals surface area contributed by atoms with Gasteiger partial charge in [-0.15, -0.1) is 12.3 Å². The first-order chi connectivity index (χ1) is 9.83. The molecule has 1 heteroatoms. The molecule has 0 saturated carbocycles. The topological polar surface area (TPSA) is 3.24 Å². The third kappa shape index (κ3) is 4.52. The maximum atomic E-state index is 5.28. The van der Waals surface area contributed by atoms with Gasteiger partial charge in [-0.05, 0) is 45.4 Å². The van der Waals surface area contributed by atoms with Crippen molar-refractivity contribution in [2.75, 3.05) is 0 Å². The second-order valence-corrected chi connectivity index (χ2v) is 6.98. The molecule has 2 aliphatic rings. The minimum absolute atomic E-state index is 0.839. The summed E-state index contributed by atoms with van der Waals surface area (Å²) in [7, 11) is 0. The van der Waals surface area contributed by atoms with E-state index in [4.69, 9.17) is 6.42 Å². The minimum Gasteiger partial charge on any atom is -0.295 e. The molecule has 2 heterocycles. The minimum atomic E-state index is 0.839. The number of nitrogens with zero attached hydrogens (tertiary/aromatic N) is 1. The zero-order chi connectivity index (χ0) is 14.2. The molecule has 0 N–H and O–H groups in total. The largest absolute Gasteiger partial charge is 0.295 e. The van der Waals surface area contributed by atoms with Crippen LogP contribution >= 0.6 is 0 Å². The second-order valence-electron chi connectivity index (χ2n) is 6.98. The van der Waals surface area contributed by atoms with Gasteiger partial charge in [0.2, 0.25) is 0 Å². The van der Waals surface area contributed by atoms with Gasteiger partial charge in [0.1, 0.15) is 0 Å². The van der Waals surface area contributed by atoms with Gasteiger partial charge in [0.25, 0.3) is 0 Å². The molecule has 0 bridgehead atoms. The molecule has 1 nitrogen and oxygen atoms in total. The molecule has 0 aromatic heterocycles. The highest BCUT2D eigenvalue weighted by Crippen LogP contribution is 2.36. The summed E-state index contributed by atoms with van der Waals surface area (Å²) >= 11 is 0. The van der Waals surface area contributed by atoms with Crippen LogP contribution in [0.2, 0.25) is 0 Å². The van der Waals surface area contributed by atoms with Crippen molar-refractivity contribution in [2.24, 2.45) is 0 Å². The molecule has 2 aliphatic heterocycles. The van der Waals surface area contributed by atoms with E-state index in [0.717, 1.165) is 24.5 Å². The number of hydrogen-bond donors (Lipinski definition) is 0. The monoisotopic (exact) mass is 275 g/mol. The summed E-state index contributed by atoms with van der Waals surface area (Å²) in [5.41, 5.74) is 0. The van der Waals surface area contributed by atoms with Gasteiger partial charge in [-0.3, -0.25) is 4.90 Å². The zero-order valence-electron chi connectivity index (χ0n) is 13.4.